The molecule has 2 aromatic heterocycles. The molecule has 0 spiro atoms. The van der Waals surface area contributed by atoms with Gasteiger partial charge in [-0.15, -0.1) is 21.5 Å². The summed E-state index contributed by atoms with van der Waals surface area (Å²) in [4.78, 5) is 16.5. The van der Waals surface area contributed by atoms with Gasteiger partial charge in [0.25, 0.3) is 0 Å². The summed E-state index contributed by atoms with van der Waals surface area (Å²) in [5.74, 6) is 0.875. The van der Waals surface area contributed by atoms with Gasteiger partial charge in [0.05, 0.1) is 11.8 Å². The lowest BCUT2D eigenvalue weighted by Gasteiger charge is -2.03. The van der Waals surface area contributed by atoms with Gasteiger partial charge in [0, 0.05) is 16.8 Å². The van der Waals surface area contributed by atoms with Crippen LogP contribution >= 0.6 is 46.2 Å². The highest BCUT2D eigenvalue weighted by molar-refractivity contribution is 8.03. The number of Topliss-reactive ketones (excluding diaryl/α,β-unsaturated/α-hetero) is 1. The number of thioether (sulfide) groups is 2. The van der Waals surface area contributed by atoms with Gasteiger partial charge >= 0.3 is 0 Å². The Bertz CT molecular complexity index is 704. The molecule has 0 bridgehead atoms. The van der Waals surface area contributed by atoms with Crippen LogP contribution in [0.5, 0.6) is 0 Å². The molecule has 0 radical (unpaired) electrons. The topological polar surface area (TPSA) is 79.5 Å². The first kappa shape index (κ1) is 18.4. The van der Waals surface area contributed by atoms with Crippen LogP contribution in [0.2, 0.25) is 0 Å². The predicted octanol–water partition coefficient (Wildman–Crippen LogP) is 4.02. The fourth-order valence-corrected chi connectivity index (χ4v) is 5.30. The zero-order chi connectivity index (χ0) is 16.8. The Morgan fingerprint density at radius 2 is 2.04 bits per heavy atom. The molecule has 0 fully saturated rings. The van der Waals surface area contributed by atoms with Crippen molar-refractivity contribution in [3.63, 3.8) is 0 Å². The standard InChI is InChI=1S/C14H16N4OS4/c1-8(2)5-21-13-17-18-14(23-13)22-7-11(19)10(4-15)12-16-9(3)6-20-12/h6,8,10H,5,7H2,1-3H3/t10-/m1/s1. The highest BCUT2D eigenvalue weighted by Crippen LogP contribution is 2.31. The lowest BCUT2D eigenvalue weighted by atomic mass is 10.1. The highest BCUT2D eigenvalue weighted by Gasteiger charge is 2.23. The van der Waals surface area contributed by atoms with Crippen molar-refractivity contribution < 1.29 is 4.79 Å². The Balaban J connectivity index is 1.90. The number of aromatic nitrogens is 3. The normalized spacial score (nSPS) is 12.3. The SMILES string of the molecule is Cc1csc([C@H](C#N)C(=O)CSc2nnc(SCC(C)C)s2)n1. The molecule has 1 atom stereocenters. The number of hydrogen-bond donors (Lipinski definition) is 0. The zero-order valence-corrected chi connectivity index (χ0v) is 16.2. The van der Waals surface area contributed by atoms with Gasteiger partial charge in [-0.1, -0.05) is 48.7 Å². The van der Waals surface area contributed by atoms with Gasteiger partial charge in [0.2, 0.25) is 0 Å². The third-order valence-corrected chi connectivity index (χ3v) is 7.27. The lowest BCUT2D eigenvalue weighted by molar-refractivity contribution is -0.116. The van der Waals surface area contributed by atoms with Crippen LogP contribution in [-0.2, 0) is 4.79 Å². The predicted molar refractivity (Wildman–Crippen MR) is 96.4 cm³/mol. The first-order valence-corrected chi connectivity index (χ1v) is 10.6. The molecule has 0 aliphatic carbocycles. The number of carbonyl (C=O) groups is 1. The van der Waals surface area contributed by atoms with Crippen molar-refractivity contribution in [3.8, 4) is 6.07 Å². The van der Waals surface area contributed by atoms with E-state index in [1.54, 1.807) is 11.8 Å². The summed E-state index contributed by atoms with van der Waals surface area (Å²) >= 11 is 5.86. The molecule has 0 saturated heterocycles. The Morgan fingerprint density at radius 3 is 2.61 bits per heavy atom. The fraction of sp³-hybridized carbons (Fsp3) is 0.500. The van der Waals surface area contributed by atoms with E-state index in [0.29, 0.717) is 10.9 Å². The summed E-state index contributed by atoms with van der Waals surface area (Å²) in [5.41, 5.74) is 0.835. The molecule has 9 heteroatoms. The van der Waals surface area contributed by atoms with Crippen LogP contribution in [0.1, 0.15) is 30.5 Å². The van der Waals surface area contributed by atoms with E-state index < -0.39 is 5.92 Å². The molecular formula is C14H16N4OS4. The minimum Gasteiger partial charge on any atom is -0.297 e. The van der Waals surface area contributed by atoms with Crippen LogP contribution in [0.3, 0.4) is 0 Å². The molecule has 0 saturated carbocycles. The van der Waals surface area contributed by atoms with Gasteiger partial charge in [0.15, 0.2) is 20.4 Å². The number of hydrogen-bond acceptors (Lipinski definition) is 9. The summed E-state index contributed by atoms with van der Waals surface area (Å²) in [6.45, 7) is 6.17. The number of aryl methyl sites for hydroxylation is 1. The van der Waals surface area contributed by atoms with Gasteiger partial charge in [-0.25, -0.2) is 4.98 Å². The largest absolute Gasteiger partial charge is 0.297 e. The molecule has 23 heavy (non-hydrogen) atoms. The second kappa shape index (κ2) is 8.78. The second-order valence-electron chi connectivity index (χ2n) is 5.18. The number of nitrogens with zero attached hydrogens (tertiary/aromatic N) is 4. The van der Waals surface area contributed by atoms with E-state index >= 15 is 0 Å². The third-order valence-electron chi connectivity index (χ3n) is 2.60. The smallest absolute Gasteiger partial charge is 0.175 e. The molecule has 5 nitrogen and oxygen atoms in total. The Labute approximate surface area is 151 Å². The van der Waals surface area contributed by atoms with Crippen LogP contribution in [-0.4, -0.2) is 32.5 Å². The molecule has 0 unspecified atom stereocenters. The van der Waals surface area contributed by atoms with Crippen molar-refractivity contribution in [3.05, 3.63) is 16.1 Å². The van der Waals surface area contributed by atoms with E-state index in [0.717, 1.165) is 20.1 Å². The summed E-state index contributed by atoms with van der Waals surface area (Å²) in [7, 11) is 0. The number of thiazole rings is 1. The molecule has 0 N–H and O–H groups in total. The average molecular weight is 385 g/mol. The minimum absolute atomic E-state index is 0.140. The maximum absolute atomic E-state index is 12.3. The lowest BCUT2D eigenvalue weighted by Crippen LogP contribution is -2.13. The molecule has 0 aromatic carbocycles. The van der Waals surface area contributed by atoms with Crippen LogP contribution in [0.15, 0.2) is 14.1 Å². The van der Waals surface area contributed by atoms with Gasteiger partial charge in [-0.05, 0) is 12.8 Å². The number of ketones is 1. The van der Waals surface area contributed by atoms with Gasteiger partial charge in [-0.3, -0.25) is 4.79 Å². The van der Waals surface area contributed by atoms with Gasteiger partial charge in [-0.2, -0.15) is 5.26 Å². The maximum atomic E-state index is 12.3. The average Bonchev–Trinajstić information content (AvgIpc) is 3.13. The molecular weight excluding hydrogens is 368 g/mol. The number of rotatable bonds is 8. The quantitative estimate of drug-likeness (QED) is 0.636. The van der Waals surface area contributed by atoms with Crippen molar-refractivity contribution >= 4 is 52.0 Å². The van der Waals surface area contributed by atoms with Crippen LogP contribution in [0.4, 0.5) is 0 Å². The first-order valence-electron chi connectivity index (χ1n) is 6.93. The molecule has 0 aliphatic heterocycles. The Morgan fingerprint density at radius 1 is 1.35 bits per heavy atom. The second-order valence-corrected chi connectivity index (χ2v) is 9.54. The van der Waals surface area contributed by atoms with Gasteiger partial charge < -0.3 is 0 Å². The van der Waals surface area contributed by atoms with E-state index in [4.69, 9.17) is 0 Å². The summed E-state index contributed by atoms with van der Waals surface area (Å²) < 4.78 is 1.68. The Hall–Kier alpha value is -0.950. The van der Waals surface area contributed by atoms with Crippen LogP contribution < -0.4 is 0 Å². The van der Waals surface area contributed by atoms with Crippen molar-refractivity contribution in [1.29, 1.82) is 5.26 Å². The van der Waals surface area contributed by atoms with E-state index in [1.807, 2.05) is 12.3 Å². The van der Waals surface area contributed by atoms with Crippen molar-refractivity contribution in [2.24, 2.45) is 5.92 Å². The van der Waals surface area contributed by atoms with Crippen molar-refractivity contribution in [2.45, 2.75) is 35.4 Å². The van der Waals surface area contributed by atoms with E-state index in [2.05, 4.69) is 35.1 Å². The minimum atomic E-state index is -0.788. The van der Waals surface area contributed by atoms with E-state index in [9.17, 15) is 10.1 Å². The Kier molecular flexibility index (Phi) is 7.02. The van der Waals surface area contributed by atoms with Crippen LogP contribution in [0.25, 0.3) is 0 Å². The molecule has 2 heterocycles. The summed E-state index contributed by atoms with van der Waals surface area (Å²) in [6, 6.07) is 2.05. The van der Waals surface area contributed by atoms with E-state index in [-0.39, 0.29) is 11.5 Å². The maximum Gasteiger partial charge on any atom is 0.175 e. The zero-order valence-electron chi connectivity index (χ0n) is 13.0. The van der Waals surface area contributed by atoms with Crippen LogP contribution in [0, 0.1) is 24.2 Å². The molecule has 0 aliphatic rings. The number of nitriles is 1. The van der Waals surface area contributed by atoms with Gasteiger partial charge in [0.1, 0.15) is 5.01 Å². The fourth-order valence-electron chi connectivity index (χ4n) is 1.54. The molecule has 122 valence electrons. The molecule has 2 rings (SSSR count). The summed E-state index contributed by atoms with van der Waals surface area (Å²) in [5, 5.41) is 19.9. The highest BCUT2D eigenvalue weighted by atomic mass is 32.2. The van der Waals surface area contributed by atoms with E-state index in [1.165, 1.54) is 34.4 Å². The number of carbonyl (C=O) groups excluding carboxylic acids is 1. The first-order chi connectivity index (χ1) is 11.0. The molecule has 2 aromatic rings. The monoisotopic (exact) mass is 384 g/mol. The summed E-state index contributed by atoms with van der Waals surface area (Å²) in [6.07, 6.45) is 0. The van der Waals surface area contributed by atoms with Crippen molar-refractivity contribution in [2.75, 3.05) is 11.5 Å². The third kappa shape index (κ3) is 5.57. The van der Waals surface area contributed by atoms with Crippen molar-refractivity contribution in [1.82, 2.24) is 15.2 Å². The molecule has 0 amide bonds.